The Kier molecular flexibility index (Phi) is 3.08. The van der Waals surface area contributed by atoms with Crippen LogP contribution in [0.25, 0.3) is 5.65 Å². The molecule has 1 unspecified atom stereocenters. The smallest absolute Gasteiger partial charge is 0.349 e. The predicted octanol–water partition coefficient (Wildman–Crippen LogP) is 0.299. The average molecular weight is 251 g/mol. The van der Waals surface area contributed by atoms with E-state index in [0.717, 1.165) is 6.42 Å². The van der Waals surface area contributed by atoms with Crippen LogP contribution in [-0.4, -0.2) is 36.8 Å². The van der Waals surface area contributed by atoms with E-state index in [0.29, 0.717) is 17.3 Å². The fourth-order valence-electron chi connectivity index (χ4n) is 1.71. The first-order valence-electron chi connectivity index (χ1n) is 5.83. The van der Waals surface area contributed by atoms with Crippen LogP contribution in [0.3, 0.4) is 0 Å². The molecular weight excluding hydrogens is 234 g/mol. The van der Waals surface area contributed by atoms with Crippen molar-refractivity contribution < 1.29 is 5.11 Å². The summed E-state index contributed by atoms with van der Waals surface area (Å²) in [6.07, 6.45) is 0.753. The number of rotatable bonds is 4. The maximum Gasteiger partial charge on any atom is 0.349 e. The Hall–Kier alpha value is -1.89. The van der Waals surface area contributed by atoms with Crippen LogP contribution in [0.1, 0.15) is 26.1 Å². The van der Waals surface area contributed by atoms with Gasteiger partial charge in [-0.3, -0.25) is 0 Å². The molecule has 0 bridgehead atoms. The monoisotopic (exact) mass is 251 g/mol. The minimum absolute atomic E-state index is 0.00276. The first kappa shape index (κ1) is 12.6. The molecule has 0 amide bonds. The van der Waals surface area contributed by atoms with E-state index in [1.54, 1.807) is 13.0 Å². The summed E-state index contributed by atoms with van der Waals surface area (Å²) < 4.78 is 1.40. The second-order valence-electron chi connectivity index (χ2n) is 4.61. The van der Waals surface area contributed by atoms with Gasteiger partial charge in [-0.15, -0.1) is 0 Å². The van der Waals surface area contributed by atoms with E-state index in [4.69, 9.17) is 0 Å². The molecule has 7 heteroatoms. The van der Waals surface area contributed by atoms with Crippen molar-refractivity contribution in [3.8, 4) is 0 Å². The third kappa shape index (κ3) is 2.08. The van der Waals surface area contributed by atoms with Crippen molar-refractivity contribution in [3.05, 3.63) is 22.4 Å². The van der Waals surface area contributed by atoms with Gasteiger partial charge < -0.3 is 10.4 Å². The summed E-state index contributed by atoms with van der Waals surface area (Å²) in [4.78, 5) is 15.7. The maximum atomic E-state index is 11.5. The Bertz CT molecular complexity index is 611. The molecule has 98 valence electrons. The van der Waals surface area contributed by atoms with Crippen LogP contribution in [-0.2, 0) is 0 Å². The van der Waals surface area contributed by atoms with Gasteiger partial charge in [-0.1, -0.05) is 6.92 Å². The Labute approximate surface area is 104 Å². The highest BCUT2D eigenvalue weighted by Gasteiger charge is 2.21. The highest BCUT2D eigenvalue weighted by Crippen LogP contribution is 2.17. The predicted molar refractivity (Wildman–Crippen MR) is 67.7 cm³/mol. The first-order valence-corrected chi connectivity index (χ1v) is 5.83. The number of aliphatic hydroxyl groups is 1. The van der Waals surface area contributed by atoms with Crippen LogP contribution >= 0.6 is 0 Å². The largest absolute Gasteiger partial charge is 0.394 e. The van der Waals surface area contributed by atoms with Gasteiger partial charge in [0, 0.05) is 6.07 Å². The van der Waals surface area contributed by atoms with Crippen molar-refractivity contribution in [1.29, 1.82) is 0 Å². The van der Waals surface area contributed by atoms with Gasteiger partial charge in [-0.25, -0.2) is 19.3 Å². The zero-order valence-electron chi connectivity index (χ0n) is 10.7. The third-order valence-electron chi connectivity index (χ3n) is 3.13. The van der Waals surface area contributed by atoms with E-state index in [1.807, 2.05) is 13.8 Å². The molecule has 0 saturated carbocycles. The van der Waals surface area contributed by atoms with Crippen LogP contribution < -0.4 is 11.0 Å². The zero-order chi connectivity index (χ0) is 13.3. The molecule has 7 nitrogen and oxygen atoms in total. The standard InChI is InChI=1S/C11H17N5O2/c1-4-11(3,6-17)13-8-5-9-14-15-10(18)16(9)7(2)12-8/h5,13,17H,4,6H2,1-3H3,(H,15,18). The molecule has 0 spiro atoms. The van der Waals surface area contributed by atoms with Crippen LogP contribution in [0.4, 0.5) is 5.82 Å². The SMILES string of the molecule is CCC(C)(CO)Nc1cc2n[nH]c(=O)n2c(C)n1. The Morgan fingerprint density at radius 2 is 2.33 bits per heavy atom. The number of aryl methyl sites for hydroxylation is 1. The summed E-state index contributed by atoms with van der Waals surface area (Å²) in [5.41, 5.74) is -0.234. The van der Waals surface area contributed by atoms with Crippen LogP contribution in [0.2, 0.25) is 0 Å². The number of anilines is 1. The molecule has 0 aromatic carbocycles. The Balaban J connectivity index is 2.44. The number of aromatic nitrogens is 4. The first-order chi connectivity index (χ1) is 8.49. The Morgan fingerprint density at radius 3 is 2.94 bits per heavy atom. The number of hydrogen-bond donors (Lipinski definition) is 3. The van der Waals surface area contributed by atoms with Crippen LogP contribution in [0.15, 0.2) is 10.9 Å². The molecule has 0 radical (unpaired) electrons. The summed E-state index contributed by atoms with van der Waals surface area (Å²) in [7, 11) is 0. The molecule has 0 fully saturated rings. The number of nitrogens with one attached hydrogen (secondary N) is 2. The number of aromatic amines is 1. The molecule has 1 atom stereocenters. The minimum atomic E-state index is -0.436. The number of H-pyrrole nitrogens is 1. The summed E-state index contributed by atoms with van der Waals surface area (Å²) in [5, 5.41) is 18.8. The van der Waals surface area contributed by atoms with Gasteiger partial charge >= 0.3 is 5.69 Å². The van der Waals surface area contributed by atoms with Gasteiger partial charge in [0.25, 0.3) is 0 Å². The highest BCUT2D eigenvalue weighted by atomic mass is 16.3. The second-order valence-corrected chi connectivity index (χ2v) is 4.61. The zero-order valence-corrected chi connectivity index (χ0v) is 10.7. The molecule has 3 N–H and O–H groups in total. The van der Waals surface area contributed by atoms with E-state index in [-0.39, 0.29) is 12.3 Å². The van der Waals surface area contributed by atoms with Crippen LogP contribution in [0, 0.1) is 6.92 Å². The lowest BCUT2D eigenvalue weighted by molar-refractivity contribution is 0.218. The molecule has 0 saturated heterocycles. The molecule has 2 aromatic heterocycles. The average Bonchev–Trinajstić information content (AvgIpc) is 2.71. The fourth-order valence-corrected chi connectivity index (χ4v) is 1.71. The normalized spacial score (nSPS) is 14.7. The lowest BCUT2D eigenvalue weighted by Crippen LogP contribution is -2.38. The number of fused-ring (bicyclic) bond motifs is 1. The van der Waals surface area contributed by atoms with Gasteiger partial charge in [0.2, 0.25) is 0 Å². The molecular formula is C11H17N5O2. The highest BCUT2D eigenvalue weighted by molar-refractivity contribution is 5.50. The van der Waals surface area contributed by atoms with Crippen LogP contribution in [0.5, 0.6) is 0 Å². The number of nitrogens with zero attached hydrogens (tertiary/aromatic N) is 3. The van der Waals surface area contributed by atoms with Crippen molar-refractivity contribution in [2.24, 2.45) is 0 Å². The molecule has 2 aromatic rings. The quantitative estimate of drug-likeness (QED) is 0.726. The summed E-state index contributed by atoms with van der Waals surface area (Å²) in [6, 6.07) is 1.68. The molecule has 2 heterocycles. The minimum Gasteiger partial charge on any atom is -0.394 e. The van der Waals surface area contributed by atoms with Gasteiger partial charge in [0.05, 0.1) is 12.1 Å². The molecule has 0 aliphatic carbocycles. The van der Waals surface area contributed by atoms with Crippen molar-refractivity contribution >= 4 is 11.5 Å². The van der Waals surface area contributed by atoms with Gasteiger partial charge in [0.15, 0.2) is 5.65 Å². The number of hydrogen-bond acceptors (Lipinski definition) is 5. The van der Waals surface area contributed by atoms with Crippen molar-refractivity contribution in [1.82, 2.24) is 19.6 Å². The molecule has 0 aliphatic heterocycles. The van der Waals surface area contributed by atoms with E-state index < -0.39 is 5.54 Å². The maximum absolute atomic E-state index is 11.5. The third-order valence-corrected chi connectivity index (χ3v) is 3.13. The molecule has 2 rings (SSSR count). The number of aliphatic hydroxyl groups excluding tert-OH is 1. The van der Waals surface area contributed by atoms with E-state index in [1.165, 1.54) is 4.40 Å². The van der Waals surface area contributed by atoms with E-state index in [9.17, 15) is 9.90 Å². The summed E-state index contributed by atoms with van der Waals surface area (Å²) in [5.74, 6) is 1.14. The second kappa shape index (κ2) is 4.41. The van der Waals surface area contributed by atoms with Gasteiger partial charge in [-0.2, -0.15) is 5.10 Å². The van der Waals surface area contributed by atoms with Gasteiger partial charge in [-0.05, 0) is 20.3 Å². The Morgan fingerprint density at radius 1 is 1.61 bits per heavy atom. The molecule has 18 heavy (non-hydrogen) atoms. The van der Waals surface area contributed by atoms with Crippen molar-refractivity contribution in [3.63, 3.8) is 0 Å². The van der Waals surface area contributed by atoms with E-state index in [2.05, 4.69) is 20.5 Å². The van der Waals surface area contributed by atoms with E-state index >= 15 is 0 Å². The molecule has 0 aliphatic rings. The van der Waals surface area contributed by atoms with Crippen molar-refractivity contribution in [2.45, 2.75) is 32.7 Å². The topological polar surface area (TPSA) is 95.3 Å². The lowest BCUT2D eigenvalue weighted by Gasteiger charge is -2.27. The van der Waals surface area contributed by atoms with Crippen molar-refractivity contribution in [2.75, 3.05) is 11.9 Å². The summed E-state index contributed by atoms with van der Waals surface area (Å²) >= 11 is 0. The van der Waals surface area contributed by atoms with Gasteiger partial charge in [0.1, 0.15) is 11.6 Å². The fraction of sp³-hybridized carbons (Fsp3) is 0.545. The lowest BCUT2D eigenvalue weighted by atomic mass is 10.0. The summed E-state index contributed by atoms with van der Waals surface area (Å²) in [6.45, 7) is 5.62.